The van der Waals surface area contributed by atoms with Crippen LogP contribution in [0.5, 0.6) is 5.75 Å². The number of likely N-dealkylation sites (N-methyl/N-ethyl adjacent to an activating group) is 2. The number of rotatable bonds is 39. The summed E-state index contributed by atoms with van der Waals surface area (Å²) in [6.45, 7) is 14.2. The number of anilines is 1. The number of carbonyl (C=O) groups excluding carboxylic acids is 12. The van der Waals surface area contributed by atoms with Crippen molar-refractivity contribution in [3.8, 4) is 5.75 Å². The maximum Gasteiger partial charge on any atom is 0.306 e. The van der Waals surface area contributed by atoms with E-state index in [-0.39, 0.29) is 142 Å². The molecule has 1 aromatic carbocycles. The predicted molar refractivity (Wildman–Crippen MR) is 336 cm³/mol. The second-order valence-corrected chi connectivity index (χ2v) is 25.0. The fraction of sp³-hybridized carbons (Fsp3) is 0.587. The zero-order valence-electron chi connectivity index (χ0n) is 54.0. The third-order valence-electron chi connectivity index (χ3n) is 16.2. The van der Waals surface area contributed by atoms with Crippen LogP contribution in [0.2, 0.25) is 0 Å². The highest BCUT2D eigenvalue weighted by Crippen LogP contribution is 2.32. The first-order valence-electron chi connectivity index (χ1n) is 30.8. The van der Waals surface area contributed by atoms with E-state index in [2.05, 4.69) is 36.9 Å². The number of hydrogen-bond acceptors (Lipinski definition) is 18. The van der Waals surface area contributed by atoms with Crippen LogP contribution in [0.3, 0.4) is 0 Å². The molecule has 11 amide bonds. The lowest BCUT2D eigenvalue weighted by Gasteiger charge is -2.38. The van der Waals surface area contributed by atoms with Gasteiger partial charge in [-0.1, -0.05) is 47.1 Å². The van der Waals surface area contributed by atoms with Gasteiger partial charge in [-0.2, -0.15) is 0 Å². The monoisotopic (exact) mass is 1290 g/mol. The number of imide groups is 2. The number of carboxylic acids is 1. The number of hydrogen-bond donors (Lipinski definition) is 8. The number of phenols is 1. The second-order valence-electron chi connectivity index (χ2n) is 24.1. The highest BCUT2D eigenvalue weighted by atomic mass is 32.1. The molecular formula is C63H91N11O16S. The molecule has 7 atom stereocenters. The average molecular weight is 1290 g/mol. The first-order chi connectivity index (χ1) is 42.8. The number of thiazole rings is 1. The van der Waals surface area contributed by atoms with Gasteiger partial charge in [0.15, 0.2) is 6.10 Å². The third kappa shape index (κ3) is 23.4. The Morgan fingerprint density at radius 2 is 1.32 bits per heavy atom. The Morgan fingerprint density at radius 3 is 1.88 bits per heavy atom. The van der Waals surface area contributed by atoms with E-state index in [0.717, 1.165) is 33.3 Å². The Kier molecular flexibility index (Phi) is 29.6. The normalized spacial score (nSPS) is 15.4. The number of carboxylic acid groups (broad SMARTS) is 1. The van der Waals surface area contributed by atoms with E-state index in [0.29, 0.717) is 24.8 Å². The maximum absolute atomic E-state index is 14.3. The molecule has 500 valence electrons. The van der Waals surface area contributed by atoms with E-state index in [1.807, 2.05) is 27.7 Å². The fourth-order valence-corrected chi connectivity index (χ4v) is 10.8. The van der Waals surface area contributed by atoms with Gasteiger partial charge < -0.3 is 51.8 Å². The number of nitrogens with one attached hydrogen (secondary N) is 6. The van der Waals surface area contributed by atoms with Gasteiger partial charge in [0.25, 0.3) is 29.5 Å². The Hall–Kier alpha value is -8.40. The summed E-state index contributed by atoms with van der Waals surface area (Å²) in [5.41, 5.74) is -0.444. The minimum absolute atomic E-state index is 0.000180. The molecule has 27 nitrogen and oxygen atoms in total. The zero-order chi connectivity index (χ0) is 67.9. The Morgan fingerprint density at radius 1 is 0.736 bits per heavy atom. The Labute approximate surface area is 535 Å². The van der Waals surface area contributed by atoms with E-state index >= 15 is 0 Å². The lowest BCUT2D eigenvalue weighted by Crippen LogP contribution is -2.60. The third-order valence-corrected chi connectivity index (χ3v) is 17.1. The van der Waals surface area contributed by atoms with Crippen molar-refractivity contribution in [2.45, 2.75) is 175 Å². The molecule has 4 rings (SSSR count). The maximum atomic E-state index is 14.3. The molecule has 2 unspecified atom stereocenters. The van der Waals surface area contributed by atoms with Crippen LogP contribution in [0, 0.1) is 17.8 Å². The van der Waals surface area contributed by atoms with Crippen molar-refractivity contribution in [1.29, 1.82) is 0 Å². The number of unbranched alkanes of at least 4 members (excludes halogenated alkanes) is 1. The van der Waals surface area contributed by atoms with Crippen LogP contribution < -0.4 is 31.9 Å². The molecule has 0 fully saturated rings. The summed E-state index contributed by atoms with van der Waals surface area (Å²) < 4.78 is 5.80. The van der Waals surface area contributed by atoms with Gasteiger partial charge >= 0.3 is 11.9 Å². The molecule has 2 aliphatic rings. The van der Waals surface area contributed by atoms with Crippen LogP contribution in [-0.4, -0.2) is 189 Å². The van der Waals surface area contributed by atoms with Gasteiger partial charge in [-0.25, -0.2) is 4.98 Å². The van der Waals surface area contributed by atoms with Crippen molar-refractivity contribution in [2.24, 2.45) is 17.8 Å². The molecule has 2 aromatic rings. The fourth-order valence-electron chi connectivity index (χ4n) is 9.92. The summed E-state index contributed by atoms with van der Waals surface area (Å²) in [7, 11) is 5.19. The minimum Gasteiger partial charge on any atom is -0.506 e. The molecule has 28 heteroatoms. The quantitative estimate of drug-likeness (QED) is 0.0205. The predicted octanol–water partition coefficient (Wildman–Crippen LogP) is 3.67. The van der Waals surface area contributed by atoms with Gasteiger partial charge in [0, 0.05) is 108 Å². The molecule has 0 bridgehead atoms. The smallest absolute Gasteiger partial charge is 0.306 e. The number of aromatic nitrogens is 1. The first kappa shape index (κ1) is 75.1. The van der Waals surface area contributed by atoms with Crippen LogP contribution in [0.4, 0.5) is 5.69 Å². The van der Waals surface area contributed by atoms with Crippen molar-refractivity contribution in [3.05, 3.63) is 64.1 Å². The SMILES string of the molecule is CC[C@H](C)[C@H](NC(=O)C(C)(C)N(C)C)C(=O)N(C)C(C[C@@H](OC(C)=O)c1nc(C(=O)N[C@@H](Cc2ccc(O)c(NC(=O)CCCNC(=O)[C@H](CCCCNC(=O)CCCN3C(=O)C=CC3=O)NC(=O)CCCN3C(=O)C=CC3=O)c2)CC(C)C(=O)O)cs1)C(C)C. The van der Waals surface area contributed by atoms with E-state index in [1.54, 1.807) is 50.9 Å². The Balaban J connectivity index is 1.38. The minimum atomic E-state index is -1.12. The number of aliphatic carboxylic acids is 1. The molecule has 2 aliphatic heterocycles. The molecule has 3 heterocycles. The van der Waals surface area contributed by atoms with Gasteiger partial charge in [-0.15, -0.1) is 11.3 Å². The molecule has 91 heavy (non-hydrogen) atoms. The number of aromatic hydroxyl groups is 1. The molecule has 8 N–H and O–H groups in total. The number of nitrogens with zero attached hydrogens (tertiary/aromatic N) is 5. The summed E-state index contributed by atoms with van der Waals surface area (Å²) in [5.74, 6) is -8.42. The second kappa shape index (κ2) is 35.9. The number of amides is 11. The van der Waals surface area contributed by atoms with Crippen LogP contribution in [0.25, 0.3) is 0 Å². The molecule has 0 aliphatic carbocycles. The molecule has 1 aromatic heterocycles. The van der Waals surface area contributed by atoms with Crippen LogP contribution >= 0.6 is 11.3 Å². The number of carbonyl (C=O) groups is 13. The molecular weight excluding hydrogens is 1200 g/mol. The van der Waals surface area contributed by atoms with Crippen LogP contribution in [-0.2, 0) is 68.7 Å². The van der Waals surface area contributed by atoms with Crippen LogP contribution in [0.1, 0.15) is 160 Å². The summed E-state index contributed by atoms with van der Waals surface area (Å²) in [6, 6.07) is 1.13. The highest BCUT2D eigenvalue weighted by Gasteiger charge is 2.39. The van der Waals surface area contributed by atoms with Gasteiger partial charge in [-0.05, 0) is 109 Å². The summed E-state index contributed by atoms with van der Waals surface area (Å²) in [6.07, 6.45) is 5.65. The number of esters is 1. The van der Waals surface area contributed by atoms with E-state index in [1.165, 1.54) is 43.5 Å². The van der Waals surface area contributed by atoms with Gasteiger partial charge in [0.2, 0.25) is 35.4 Å². The molecule has 0 radical (unpaired) electrons. The summed E-state index contributed by atoms with van der Waals surface area (Å²) in [5, 5.41) is 39.2. The lowest BCUT2D eigenvalue weighted by atomic mass is 9.92. The van der Waals surface area contributed by atoms with Gasteiger partial charge in [-0.3, -0.25) is 77.0 Å². The molecule has 0 saturated carbocycles. The Bertz CT molecular complexity index is 3000. The van der Waals surface area contributed by atoms with Gasteiger partial charge in [0.1, 0.15) is 28.5 Å². The van der Waals surface area contributed by atoms with E-state index < -0.39 is 101 Å². The standard InChI is InChI=1S/C63H91N11O16S/c1-12-38(4)56(70-62(89)63(7,8)71(9)10)60(86)72(11)46(37(2)3)35-48(90-40(6)75)59-69-45(36-91-59)58(85)66-42(32-39(5)61(87)88)33-41-22-23-47(76)44(34-41)68-50(78)19-15-29-65-57(84)43(67-51(79)21-17-31-74-54(82)26-27-55(74)83)18-13-14-28-64-49(77)20-16-30-73-52(80)24-25-53(73)81/h22-27,34,36-39,42-43,46,48,56,76H,12-21,28-33,35H2,1-11H3,(H,64,77)(H,65,84)(H,66,85)(H,67,79)(H,68,78)(H,70,89)(H,87,88)/t38-,39?,42+,43-,46?,48+,56-/m0/s1. The molecule has 0 saturated heterocycles. The van der Waals surface area contributed by atoms with E-state index in [9.17, 15) is 72.5 Å². The van der Waals surface area contributed by atoms with Crippen molar-refractivity contribution < 1.29 is 77.3 Å². The first-order valence-corrected chi connectivity index (χ1v) is 31.7. The zero-order valence-corrected chi connectivity index (χ0v) is 54.8. The topological polar surface area (TPSA) is 370 Å². The summed E-state index contributed by atoms with van der Waals surface area (Å²) in [4.78, 5) is 176. The average Bonchev–Trinajstić information content (AvgIpc) is 2.16. The molecule has 0 spiro atoms. The van der Waals surface area contributed by atoms with E-state index in [4.69, 9.17) is 4.74 Å². The van der Waals surface area contributed by atoms with Crippen molar-refractivity contribution in [1.82, 2.24) is 51.2 Å². The lowest BCUT2D eigenvalue weighted by molar-refractivity contribution is -0.149. The number of phenolic OH excluding ortho intramolecular Hbond substituents is 1. The number of benzene rings is 1. The number of ether oxygens (including phenoxy) is 1. The highest BCUT2D eigenvalue weighted by molar-refractivity contribution is 7.09. The van der Waals surface area contributed by atoms with Crippen molar-refractivity contribution in [2.75, 3.05) is 52.6 Å². The van der Waals surface area contributed by atoms with Crippen LogP contribution in [0.15, 0.2) is 47.9 Å². The van der Waals surface area contributed by atoms with Gasteiger partial charge in [0.05, 0.1) is 17.1 Å². The van der Waals surface area contributed by atoms with Crippen molar-refractivity contribution in [3.63, 3.8) is 0 Å². The summed E-state index contributed by atoms with van der Waals surface area (Å²) >= 11 is 1.06. The van der Waals surface area contributed by atoms with Crippen molar-refractivity contribution >= 4 is 93.9 Å². The largest absolute Gasteiger partial charge is 0.506 e.